The van der Waals surface area contributed by atoms with Gasteiger partial charge >= 0.3 is 6.18 Å². The number of halogens is 3. The predicted molar refractivity (Wildman–Crippen MR) is 85.1 cm³/mol. The van der Waals surface area contributed by atoms with Crippen molar-refractivity contribution in [3.05, 3.63) is 59.5 Å². The van der Waals surface area contributed by atoms with Crippen molar-refractivity contribution in [3.8, 4) is 0 Å². The van der Waals surface area contributed by atoms with Crippen molar-refractivity contribution < 1.29 is 30.7 Å². The van der Waals surface area contributed by atoms with Crippen LogP contribution in [0.1, 0.15) is 16.7 Å². The van der Waals surface area contributed by atoms with Crippen LogP contribution in [0.5, 0.6) is 0 Å². The molecule has 0 saturated carbocycles. The third-order valence-corrected chi connectivity index (χ3v) is 5.30. The average Bonchev–Trinajstić information content (AvgIpc) is 3.03. The Labute approximate surface area is 144 Å². The van der Waals surface area contributed by atoms with Gasteiger partial charge in [-0.15, -0.1) is 0 Å². The summed E-state index contributed by atoms with van der Waals surface area (Å²) in [7, 11) is -2.28. The Morgan fingerprint density at radius 2 is 1.80 bits per heavy atom. The molecule has 0 spiro atoms. The lowest BCUT2D eigenvalue weighted by molar-refractivity contribution is -0.137. The van der Waals surface area contributed by atoms with E-state index >= 15 is 0 Å². The number of benzene rings is 1. The largest absolute Gasteiger partial charge is 0.472 e. The molecule has 0 atom stereocenters. The molecule has 0 N–H and O–H groups in total. The van der Waals surface area contributed by atoms with Gasteiger partial charge in [0, 0.05) is 25.8 Å². The zero-order chi connectivity index (χ0) is 18.5. The van der Waals surface area contributed by atoms with Gasteiger partial charge in [-0.2, -0.15) is 17.5 Å². The van der Waals surface area contributed by atoms with Crippen LogP contribution in [0.3, 0.4) is 0 Å². The molecule has 2 rings (SSSR count). The summed E-state index contributed by atoms with van der Waals surface area (Å²) in [5.74, 6) is -0.396. The van der Waals surface area contributed by atoms with Gasteiger partial charge < -0.3 is 9.15 Å². The second kappa shape index (κ2) is 8.03. The Morgan fingerprint density at radius 1 is 1.12 bits per heavy atom. The van der Waals surface area contributed by atoms with E-state index in [0.29, 0.717) is 5.56 Å². The maximum atomic E-state index is 12.6. The van der Waals surface area contributed by atoms with Gasteiger partial charge in [0.15, 0.2) is 0 Å². The van der Waals surface area contributed by atoms with Crippen molar-refractivity contribution >= 4 is 10.0 Å². The molecule has 0 unspecified atom stereocenters. The molecule has 25 heavy (non-hydrogen) atoms. The maximum Gasteiger partial charge on any atom is 0.416 e. The van der Waals surface area contributed by atoms with E-state index in [0.717, 1.165) is 12.1 Å². The van der Waals surface area contributed by atoms with E-state index in [-0.39, 0.29) is 25.3 Å². The van der Waals surface area contributed by atoms with Gasteiger partial charge in [-0.05, 0) is 23.8 Å². The van der Waals surface area contributed by atoms with E-state index < -0.39 is 27.5 Å². The molecule has 0 fully saturated rings. The Hall–Kier alpha value is -1.84. The van der Waals surface area contributed by atoms with Crippen LogP contribution in [0.2, 0.25) is 0 Å². The number of alkyl halides is 3. The van der Waals surface area contributed by atoms with Crippen molar-refractivity contribution in [2.45, 2.75) is 18.5 Å². The summed E-state index contributed by atoms with van der Waals surface area (Å²) in [5, 5.41) is 0. The van der Waals surface area contributed by atoms with Crippen molar-refractivity contribution in [1.29, 1.82) is 0 Å². The smallest absolute Gasteiger partial charge is 0.416 e. The molecule has 0 radical (unpaired) electrons. The molecule has 1 aromatic carbocycles. The normalized spacial score (nSPS) is 12.7. The van der Waals surface area contributed by atoms with Gasteiger partial charge in [-0.25, -0.2) is 8.42 Å². The van der Waals surface area contributed by atoms with E-state index in [2.05, 4.69) is 0 Å². The number of methoxy groups -OCH3 is 1. The molecular weight excluding hydrogens is 359 g/mol. The summed E-state index contributed by atoms with van der Waals surface area (Å²) in [6.07, 6.45) is -1.58. The number of hydrogen-bond donors (Lipinski definition) is 0. The highest BCUT2D eigenvalue weighted by atomic mass is 32.2. The third kappa shape index (κ3) is 5.58. The maximum absolute atomic E-state index is 12.6. The van der Waals surface area contributed by atoms with Crippen LogP contribution in [0.15, 0.2) is 47.3 Å². The molecule has 1 aromatic heterocycles. The first-order valence-electron chi connectivity index (χ1n) is 7.36. The Bertz CT molecular complexity index is 756. The molecule has 9 heteroatoms. The molecule has 1 heterocycles. The van der Waals surface area contributed by atoms with Crippen LogP contribution in [0.25, 0.3) is 0 Å². The second-order valence-corrected chi connectivity index (χ2v) is 7.38. The monoisotopic (exact) mass is 377 g/mol. The highest BCUT2D eigenvalue weighted by Gasteiger charge is 2.30. The Kier molecular flexibility index (Phi) is 6.26. The number of nitrogens with zero attached hydrogens (tertiary/aromatic N) is 1. The molecular formula is C16H18F3NO4S. The minimum absolute atomic E-state index is 0.100. The highest BCUT2D eigenvalue weighted by molar-refractivity contribution is 7.88. The van der Waals surface area contributed by atoms with Crippen LogP contribution >= 0.6 is 0 Å². The first kappa shape index (κ1) is 19.5. The van der Waals surface area contributed by atoms with Gasteiger partial charge in [0.2, 0.25) is 10.0 Å². The Morgan fingerprint density at radius 3 is 2.32 bits per heavy atom. The molecule has 0 amide bonds. The average molecular weight is 377 g/mol. The van der Waals surface area contributed by atoms with E-state index in [1.807, 2.05) is 0 Å². The van der Waals surface area contributed by atoms with Crippen molar-refractivity contribution in [2.75, 3.05) is 20.3 Å². The number of ether oxygens (including phenoxy) is 1. The topological polar surface area (TPSA) is 59.8 Å². The lowest BCUT2D eigenvalue weighted by Gasteiger charge is -2.21. The minimum Gasteiger partial charge on any atom is -0.472 e. The number of sulfonamides is 1. The fraction of sp³-hybridized carbons (Fsp3) is 0.375. The summed E-state index contributed by atoms with van der Waals surface area (Å²) in [4.78, 5) is 0. The van der Waals surface area contributed by atoms with Crippen molar-refractivity contribution in [2.24, 2.45) is 0 Å². The fourth-order valence-electron chi connectivity index (χ4n) is 2.19. The fourth-order valence-corrected chi connectivity index (χ4v) is 3.68. The van der Waals surface area contributed by atoms with E-state index in [1.165, 1.54) is 36.1 Å². The SMILES string of the molecule is COCCN(Cc1ccoc1)S(=O)(=O)Cc1ccc(C(F)(F)F)cc1. The first-order chi connectivity index (χ1) is 11.7. The van der Waals surface area contributed by atoms with E-state index in [1.54, 1.807) is 6.07 Å². The zero-order valence-electron chi connectivity index (χ0n) is 13.5. The second-order valence-electron chi connectivity index (χ2n) is 5.41. The summed E-state index contributed by atoms with van der Waals surface area (Å²) in [6.45, 7) is 0.428. The van der Waals surface area contributed by atoms with Gasteiger partial charge in [0.05, 0.1) is 30.4 Å². The lowest BCUT2D eigenvalue weighted by Crippen LogP contribution is -2.34. The predicted octanol–water partition coefficient (Wildman–Crippen LogP) is 3.28. The van der Waals surface area contributed by atoms with Crippen LogP contribution in [0, 0.1) is 0 Å². The molecule has 2 aromatic rings. The third-order valence-electron chi connectivity index (χ3n) is 3.51. The molecule has 0 aliphatic carbocycles. The zero-order valence-corrected chi connectivity index (χ0v) is 14.3. The molecule has 138 valence electrons. The molecule has 0 bridgehead atoms. The van der Waals surface area contributed by atoms with E-state index in [9.17, 15) is 21.6 Å². The summed E-state index contributed by atoms with van der Waals surface area (Å²) < 4.78 is 74.1. The molecule has 0 saturated heterocycles. The number of hydrogen-bond acceptors (Lipinski definition) is 4. The van der Waals surface area contributed by atoms with Crippen molar-refractivity contribution in [1.82, 2.24) is 4.31 Å². The highest BCUT2D eigenvalue weighted by Crippen LogP contribution is 2.29. The first-order valence-corrected chi connectivity index (χ1v) is 8.97. The van der Waals surface area contributed by atoms with Gasteiger partial charge in [0.1, 0.15) is 0 Å². The quantitative estimate of drug-likeness (QED) is 0.708. The summed E-state index contributed by atoms with van der Waals surface area (Å²) >= 11 is 0. The van der Waals surface area contributed by atoms with Gasteiger partial charge in [-0.1, -0.05) is 12.1 Å². The van der Waals surface area contributed by atoms with E-state index in [4.69, 9.17) is 9.15 Å². The summed E-state index contributed by atoms with van der Waals surface area (Å²) in [5.41, 5.74) is 0.137. The summed E-state index contributed by atoms with van der Waals surface area (Å²) in [6, 6.07) is 5.74. The Balaban J connectivity index is 2.15. The number of rotatable bonds is 8. The van der Waals surface area contributed by atoms with Crippen LogP contribution < -0.4 is 0 Å². The standard InChI is InChI=1S/C16H18F3NO4S/c1-23-9-7-20(10-14-6-8-24-11-14)25(21,22)12-13-2-4-15(5-3-13)16(17,18)19/h2-6,8,11H,7,9-10,12H2,1H3. The van der Waals surface area contributed by atoms with Gasteiger partial charge in [0.25, 0.3) is 0 Å². The van der Waals surface area contributed by atoms with Gasteiger partial charge in [-0.3, -0.25) is 0 Å². The van der Waals surface area contributed by atoms with Crippen LogP contribution in [0.4, 0.5) is 13.2 Å². The van der Waals surface area contributed by atoms with Crippen LogP contribution in [-0.4, -0.2) is 33.0 Å². The van der Waals surface area contributed by atoms with Crippen LogP contribution in [-0.2, 0) is 33.2 Å². The number of furan rings is 1. The molecule has 0 aliphatic heterocycles. The van der Waals surface area contributed by atoms with Crippen molar-refractivity contribution in [3.63, 3.8) is 0 Å². The molecule has 0 aliphatic rings. The minimum atomic E-state index is -4.46. The lowest BCUT2D eigenvalue weighted by atomic mass is 10.1. The molecule has 5 nitrogen and oxygen atoms in total.